The normalized spacial score (nSPS) is 24.4. The number of carbonyl (C=O) groups is 3. The maximum Gasteiger partial charge on any atom is 0.342 e. The fraction of sp³-hybridized carbons (Fsp3) is 0.227. The van der Waals surface area contributed by atoms with Gasteiger partial charge in [-0.1, -0.05) is 36.0 Å². The molecule has 8 nitrogen and oxygen atoms in total. The van der Waals surface area contributed by atoms with Crippen molar-refractivity contribution in [2.45, 2.75) is 11.2 Å². The molecule has 2 N–H and O–H groups in total. The summed E-state index contributed by atoms with van der Waals surface area (Å²) in [6.07, 6.45) is 0. The van der Waals surface area contributed by atoms with E-state index < -0.39 is 34.9 Å². The van der Waals surface area contributed by atoms with Gasteiger partial charge < -0.3 is 19.9 Å². The molecule has 0 unspecified atom stereocenters. The van der Waals surface area contributed by atoms with Crippen molar-refractivity contribution < 1.29 is 28.6 Å². The number of imide groups is 1. The molecule has 31 heavy (non-hydrogen) atoms. The lowest BCUT2D eigenvalue weighted by Crippen LogP contribution is -2.39. The van der Waals surface area contributed by atoms with Crippen molar-refractivity contribution in [3.05, 3.63) is 58.6 Å². The van der Waals surface area contributed by atoms with Crippen LogP contribution in [0.1, 0.15) is 11.5 Å². The second kappa shape index (κ2) is 7.05. The minimum absolute atomic E-state index is 0.188. The SMILES string of the molecule is COc1ccccc1N1C(=O)[C@@H]2[C@H](SC(N)=C3C(=O)Oc4c(OC)cccc4[C@@H]32)C1=O. The number of amides is 2. The van der Waals surface area contributed by atoms with Crippen LogP contribution in [0.5, 0.6) is 17.2 Å². The second-order valence-corrected chi connectivity index (χ2v) is 8.46. The lowest BCUT2D eigenvalue weighted by molar-refractivity contribution is -0.132. The van der Waals surface area contributed by atoms with Gasteiger partial charge in [0.2, 0.25) is 11.8 Å². The number of methoxy groups -OCH3 is 2. The maximum absolute atomic E-state index is 13.6. The Balaban J connectivity index is 1.68. The first-order valence-electron chi connectivity index (χ1n) is 9.54. The van der Waals surface area contributed by atoms with Gasteiger partial charge in [-0.25, -0.2) is 9.69 Å². The quantitative estimate of drug-likeness (QED) is 0.441. The number of fused-ring (bicyclic) bond motifs is 5. The van der Waals surface area contributed by atoms with Crippen LogP contribution in [0, 0.1) is 5.92 Å². The van der Waals surface area contributed by atoms with Gasteiger partial charge in [0, 0.05) is 11.5 Å². The van der Waals surface area contributed by atoms with E-state index in [1.54, 1.807) is 42.5 Å². The standard InChI is InChI=1S/C22H18N2O6S/c1-28-12-8-4-3-7-11(12)24-20(25)15-14-10-6-5-9-13(29-2)17(10)30-22(27)16(14)19(23)31-18(15)21(24)26/h3-9,14-15,18H,23H2,1-2H3/t14-,15+,18+/m1/s1. The van der Waals surface area contributed by atoms with Gasteiger partial charge >= 0.3 is 5.97 Å². The van der Waals surface area contributed by atoms with E-state index in [4.69, 9.17) is 19.9 Å². The molecule has 0 bridgehead atoms. The lowest BCUT2D eigenvalue weighted by Gasteiger charge is -2.36. The van der Waals surface area contributed by atoms with Crippen molar-refractivity contribution in [3.63, 3.8) is 0 Å². The highest BCUT2D eigenvalue weighted by molar-refractivity contribution is 8.04. The van der Waals surface area contributed by atoms with Crippen molar-refractivity contribution in [2.24, 2.45) is 11.7 Å². The van der Waals surface area contributed by atoms with Crippen LogP contribution >= 0.6 is 11.8 Å². The number of thioether (sulfide) groups is 1. The molecule has 3 atom stereocenters. The molecule has 2 aromatic carbocycles. The molecule has 3 heterocycles. The van der Waals surface area contributed by atoms with E-state index in [0.29, 0.717) is 22.7 Å². The molecule has 1 fully saturated rings. The Morgan fingerprint density at radius 1 is 0.968 bits per heavy atom. The minimum Gasteiger partial charge on any atom is -0.495 e. The molecule has 0 saturated carbocycles. The monoisotopic (exact) mass is 438 g/mol. The van der Waals surface area contributed by atoms with E-state index in [1.807, 2.05) is 0 Å². The third-order valence-corrected chi connectivity index (χ3v) is 7.01. The average molecular weight is 438 g/mol. The molecule has 5 rings (SSSR count). The summed E-state index contributed by atoms with van der Waals surface area (Å²) in [5.41, 5.74) is 7.37. The van der Waals surface area contributed by atoms with Gasteiger partial charge in [0.05, 0.1) is 36.4 Å². The first kappa shape index (κ1) is 19.5. The van der Waals surface area contributed by atoms with Gasteiger partial charge in [-0.05, 0) is 18.2 Å². The van der Waals surface area contributed by atoms with Crippen LogP contribution in [-0.4, -0.2) is 37.3 Å². The third-order valence-electron chi connectivity index (χ3n) is 5.79. The zero-order chi connectivity index (χ0) is 21.9. The Bertz CT molecular complexity index is 1180. The number of nitrogens with two attached hydrogens (primary N) is 1. The number of hydrogen-bond donors (Lipinski definition) is 1. The number of ether oxygens (including phenoxy) is 3. The number of nitrogens with zero attached hydrogens (tertiary/aromatic N) is 1. The summed E-state index contributed by atoms with van der Waals surface area (Å²) in [5.74, 6) is -1.95. The van der Waals surface area contributed by atoms with E-state index in [1.165, 1.54) is 14.2 Å². The average Bonchev–Trinajstić information content (AvgIpc) is 3.02. The molecular weight excluding hydrogens is 420 g/mol. The largest absolute Gasteiger partial charge is 0.495 e. The Morgan fingerprint density at radius 2 is 1.68 bits per heavy atom. The van der Waals surface area contributed by atoms with Crippen LogP contribution in [-0.2, 0) is 14.4 Å². The summed E-state index contributed by atoms with van der Waals surface area (Å²) in [6, 6.07) is 12.0. The van der Waals surface area contributed by atoms with Crippen LogP contribution in [0.4, 0.5) is 5.69 Å². The highest BCUT2D eigenvalue weighted by Crippen LogP contribution is 2.56. The molecule has 9 heteroatoms. The molecule has 0 aromatic heterocycles. The zero-order valence-electron chi connectivity index (χ0n) is 16.7. The van der Waals surface area contributed by atoms with Gasteiger partial charge in [0.1, 0.15) is 11.0 Å². The lowest BCUT2D eigenvalue weighted by atomic mass is 9.77. The molecule has 3 aliphatic rings. The van der Waals surface area contributed by atoms with Crippen LogP contribution in [0.3, 0.4) is 0 Å². The fourth-order valence-electron chi connectivity index (χ4n) is 4.47. The van der Waals surface area contributed by atoms with Crippen molar-refractivity contribution >= 4 is 35.2 Å². The predicted octanol–water partition coefficient (Wildman–Crippen LogP) is 2.18. The van der Waals surface area contributed by atoms with Gasteiger partial charge in [-0.2, -0.15) is 0 Å². The molecule has 3 aliphatic heterocycles. The number of carbonyl (C=O) groups excluding carboxylic acids is 3. The van der Waals surface area contributed by atoms with E-state index in [2.05, 4.69) is 0 Å². The van der Waals surface area contributed by atoms with E-state index in [0.717, 1.165) is 16.7 Å². The van der Waals surface area contributed by atoms with E-state index in [9.17, 15) is 14.4 Å². The van der Waals surface area contributed by atoms with Gasteiger partial charge in [0.15, 0.2) is 11.5 Å². The molecule has 1 saturated heterocycles. The minimum atomic E-state index is -0.816. The van der Waals surface area contributed by atoms with Gasteiger partial charge in [0.25, 0.3) is 0 Å². The summed E-state index contributed by atoms with van der Waals surface area (Å²) in [5, 5.41) is -0.580. The molecule has 158 valence electrons. The molecule has 0 spiro atoms. The topological polar surface area (TPSA) is 108 Å². The van der Waals surface area contributed by atoms with Crippen molar-refractivity contribution in [1.29, 1.82) is 0 Å². The Labute approximate surface area is 181 Å². The molecule has 2 amide bonds. The summed E-state index contributed by atoms with van der Waals surface area (Å²) in [4.78, 5) is 41.0. The summed E-state index contributed by atoms with van der Waals surface area (Å²) in [7, 11) is 2.94. The summed E-state index contributed by atoms with van der Waals surface area (Å²) < 4.78 is 16.2. The molecular formula is C22H18N2O6S. The van der Waals surface area contributed by atoms with Crippen LogP contribution in [0.2, 0.25) is 0 Å². The zero-order valence-corrected chi connectivity index (χ0v) is 17.5. The van der Waals surface area contributed by atoms with Crippen LogP contribution in [0.15, 0.2) is 53.1 Å². The summed E-state index contributed by atoms with van der Waals surface area (Å²) in [6.45, 7) is 0. The smallest absolute Gasteiger partial charge is 0.342 e. The Morgan fingerprint density at radius 3 is 2.42 bits per heavy atom. The Kier molecular flexibility index (Phi) is 4.44. The van der Waals surface area contributed by atoms with Gasteiger partial charge in [-0.3, -0.25) is 9.59 Å². The maximum atomic E-state index is 13.6. The molecule has 2 aromatic rings. The number of hydrogen-bond acceptors (Lipinski definition) is 8. The van der Waals surface area contributed by atoms with Crippen LogP contribution < -0.4 is 24.8 Å². The van der Waals surface area contributed by atoms with Gasteiger partial charge in [-0.15, -0.1) is 0 Å². The van der Waals surface area contributed by atoms with Crippen molar-refractivity contribution in [1.82, 2.24) is 0 Å². The first-order valence-corrected chi connectivity index (χ1v) is 10.4. The predicted molar refractivity (Wildman–Crippen MR) is 113 cm³/mol. The van der Waals surface area contributed by atoms with Crippen molar-refractivity contribution in [3.8, 4) is 17.2 Å². The third kappa shape index (κ3) is 2.66. The number of rotatable bonds is 3. The number of para-hydroxylation sites is 3. The Hall–Kier alpha value is -3.46. The van der Waals surface area contributed by atoms with Crippen LogP contribution in [0.25, 0.3) is 0 Å². The highest BCUT2D eigenvalue weighted by Gasteiger charge is 2.59. The first-order chi connectivity index (χ1) is 15.0. The van der Waals surface area contributed by atoms with E-state index in [-0.39, 0.29) is 16.4 Å². The molecule has 0 radical (unpaired) electrons. The van der Waals surface area contributed by atoms with E-state index >= 15 is 0 Å². The second-order valence-electron chi connectivity index (χ2n) is 7.27. The number of esters is 1. The number of benzene rings is 2. The van der Waals surface area contributed by atoms with Crippen molar-refractivity contribution in [2.75, 3.05) is 19.1 Å². The number of anilines is 1. The highest BCUT2D eigenvalue weighted by atomic mass is 32.2. The fourth-order valence-corrected chi connectivity index (χ4v) is 5.70. The summed E-state index contributed by atoms with van der Waals surface area (Å²) >= 11 is 1.03. The molecule has 0 aliphatic carbocycles.